The van der Waals surface area contributed by atoms with Crippen LogP contribution < -0.4 is 21.7 Å². The van der Waals surface area contributed by atoms with E-state index in [2.05, 4.69) is 16.0 Å². The second-order valence-electron chi connectivity index (χ2n) is 6.28. The topological polar surface area (TPSA) is 113 Å². The lowest BCUT2D eigenvalue weighted by molar-refractivity contribution is 0.0995. The monoisotopic (exact) mass is 372 g/mol. The van der Waals surface area contributed by atoms with Crippen molar-refractivity contribution in [2.24, 2.45) is 5.73 Å². The molecule has 0 saturated carbocycles. The van der Waals surface area contributed by atoms with E-state index in [1.807, 2.05) is 13.8 Å². The van der Waals surface area contributed by atoms with Crippen molar-refractivity contribution in [1.29, 1.82) is 0 Å². The molecule has 5 N–H and O–H groups in total. The minimum absolute atomic E-state index is 0.00477. The van der Waals surface area contributed by atoms with Crippen molar-refractivity contribution in [1.82, 2.24) is 5.32 Å². The first-order valence-corrected chi connectivity index (χ1v) is 8.26. The van der Waals surface area contributed by atoms with Gasteiger partial charge in [-0.15, -0.1) is 0 Å². The third-order valence-corrected chi connectivity index (χ3v) is 3.70. The van der Waals surface area contributed by atoms with E-state index in [1.54, 1.807) is 12.1 Å². The average Bonchev–Trinajstić information content (AvgIpc) is 2.58. The van der Waals surface area contributed by atoms with Crippen molar-refractivity contribution < 1.29 is 18.8 Å². The average molecular weight is 372 g/mol. The number of benzene rings is 2. The SMILES string of the molecule is Cc1c(F)cc(C(N)=O)cc1NC(=O)c1ccc(NC(=O)NC(C)C)cc1. The molecule has 0 aliphatic carbocycles. The number of anilines is 2. The number of hydrogen-bond acceptors (Lipinski definition) is 3. The molecule has 2 aromatic carbocycles. The van der Waals surface area contributed by atoms with Crippen LogP contribution in [0.25, 0.3) is 0 Å². The van der Waals surface area contributed by atoms with Gasteiger partial charge in [0.1, 0.15) is 5.82 Å². The van der Waals surface area contributed by atoms with Crippen molar-refractivity contribution in [2.75, 3.05) is 10.6 Å². The van der Waals surface area contributed by atoms with Crippen LogP contribution in [0.15, 0.2) is 36.4 Å². The van der Waals surface area contributed by atoms with Crippen LogP contribution in [0.2, 0.25) is 0 Å². The Bertz CT molecular complexity index is 879. The molecule has 7 nitrogen and oxygen atoms in total. The first-order chi connectivity index (χ1) is 12.7. The minimum atomic E-state index is -0.792. The Morgan fingerprint density at radius 3 is 2.19 bits per heavy atom. The highest BCUT2D eigenvalue weighted by Crippen LogP contribution is 2.21. The number of nitrogens with one attached hydrogen (secondary N) is 3. The van der Waals surface area contributed by atoms with Crippen LogP contribution in [0.4, 0.5) is 20.6 Å². The number of amides is 4. The zero-order valence-corrected chi connectivity index (χ0v) is 15.2. The van der Waals surface area contributed by atoms with Gasteiger partial charge in [0.15, 0.2) is 0 Å². The molecular formula is C19H21FN4O3. The van der Waals surface area contributed by atoms with Crippen LogP contribution in [0.1, 0.15) is 40.1 Å². The summed E-state index contributed by atoms with van der Waals surface area (Å²) in [7, 11) is 0. The Morgan fingerprint density at radius 1 is 1.00 bits per heavy atom. The van der Waals surface area contributed by atoms with Crippen molar-refractivity contribution in [2.45, 2.75) is 26.8 Å². The van der Waals surface area contributed by atoms with Gasteiger partial charge in [-0.3, -0.25) is 9.59 Å². The maximum Gasteiger partial charge on any atom is 0.319 e. The summed E-state index contributed by atoms with van der Waals surface area (Å²) in [5.74, 6) is -1.92. The second kappa shape index (κ2) is 8.31. The van der Waals surface area contributed by atoms with Gasteiger partial charge < -0.3 is 21.7 Å². The maximum absolute atomic E-state index is 13.9. The molecule has 0 aliphatic rings. The van der Waals surface area contributed by atoms with Gasteiger partial charge in [0.05, 0.1) is 0 Å². The fourth-order valence-corrected chi connectivity index (χ4v) is 2.28. The second-order valence-corrected chi connectivity index (χ2v) is 6.28. The van der Waals surface area contributed by atoms with E-state index in [-0.39, 0.29) is 28.9 Å². The Hall–Kier alpha value is -3.42. The van der Waals surface area contributed by atoms with E-state index in [9.17, 15) is 18.8 Å². The predicted octanol–water partition coefficient (Wildman–Crippen LogP) is 3.02. The van der Waals surface area contributed by atoms with Crippen LogP contribution >= 0.6 is 0 Å². The van der Waals surface area contributed by atoms with Crippen molar-refractivity contribution in [3.05, 3.63) is 58.9 Å². The summed E-state index contributed by atoms with van der Waals surface area (Å²) in [6, 6.07) is 8.17. The van der Waals surface area contributed by atoms with E-state index in [1.165, 1.54) is 25.1 Å². The number of urea groups is 1. The van der Waals surface area contributed by atoms with Gasteiger partial charge in [0.2, 0.25) is 5.91 Å². The molecule has 0 atom stereocenters. The highest BCUT2D eigenvalue weighted by atomic mass is 19.1. The number of hydrogen-bond donors (Lipinski definition) is 4. The quantitative estimate of drug-likeness (QED) is 0.647. The third kappa shape index (κ3) is 5.27. The summed E-state index contributed by atoms with van der Waals surface area (Å²) >= 11 is 0. The van der Waals surface area contributed by atoms with E-state index < -0.39 is 17.6 Å². The van der Waals surface area contributed by atoms with Gasteiger partial charge in [-0.25, -0.2) is 9.18 Å². The molecule has 0 aromatic heterocycles. The smallest absolute Gasteiger partial charge is 0.319 e. The molecule has 0 spiro atoms. The normalized spacial score (nSPS) is 10.4. The summed E-state index contributed by atoms with van der Waals surface area (Å²) in [5, 5.41) is 7.89. The molecule has 0 saturated heterocycles. The minimum Gasteiger partial charge on any atom is -0.366 e. The molecule has 0 bridgehead atoms. The highest BCUT2D eigenvalue weighted by Gasteiger charge is 2.14. The van der Waals surface area contributed by atoms with E-state index >= 15 is 0 Å². The summed E-state index contributed by atoms with van der Waals surface area (Å²) in [6.07, 6.45) is 0. The zero-order chi connectivity index (χ0) is 20.1. The molecule has 0 aliphatic heterocycles. The number of carbonyl (C=O) groups excluding carboxylic acids is 3. The van der Waals surface area contributed by atoms with Crippen LogP contribution in [-0.4, -0.2) is 23.9 Å². The Balaban J connectivity index is 2.13. The number of primary amides is 1. The maximum atomic E-state index is 13.9. The number of halogens is 1. The van der Waals surface area contributed by atoms with Crippen molar-refractivity contribution in [3.63, 3.8) is 0 Å². The number of rotatable bonds is 5. The highest BCUT2D eigenvalue weighted by molar-refractivity contribution is 6.06. The molecule has 0 heterocycles. The predicted molar refractivity (Wildman–Crippen MR) is 101 cm³/mol. The molecule has 2 rings (SSSR count). The lowest BCUT2D eigenvalue weighted by Gasteiger charge is -2.12. The van der Waals surface area contributed by atoms with E-state index in [0.29, 0.717) is 11.3 Å². The summed E-state index contributed by atoms with van der Waals surface area (Å²) < 4.78 is 13.9. The lowest BCUT2D eigenvalue weighted by Crippen LogP contribution is -2.34. The van der Waals surface area contributed by atoms with Crippen molar-refractivity contribution >= 4 is 29.2 Å². The van der Waals surface area contributed by atoms with Gasteiger partial charge in [-0.05, 0) is 57.2 Å². The Morgan fingerprint density at radius 2 is 1.63 bits per heavy atom. The lowest BCUT2D eigenvalue weighted by atomic mass is 10.1. The molecule has 0 unspecified atom stereocenters. The molecule has 8 heteroatoms. The van der Waals surface area contributed by atoms with E-state index in [4.69, 9.17) is 5.73 Å². The van der Waals surface area contributed by atoms with Crippen molar-refractivity contribution in [3.8, 4) is 0 Å². The third-order valence-electron chi connectivity index (χ3n) is 3.70. The molecule has 0 radical (unpaired) electrons. The first-order valence-electron chi connectivity index (χ1n) is 8.26. The van der Waals surface area contributed by atoms with Crippen LogP contribution in [-0.2, 0) is 0 Å². The number of carbonyl (C=O) groups is 3. The number of nitrogens with two attached hydrogens (primary N) is 1. The molecule has 2 aromatic rings. The summed E-state index contributed by atoms with van der Waals surface area (Å²) in [4.78, 5) is 35.3. The Labute approximate surface area is 156 Å². The van der Waals surface area contributed by atoms with Crippen LogP contribution in [0.5, 0.6) is 0 Å². The summed E-state index contributed by atoms with van der Waals surface area (Å²) in [6.45, 7) is 5.16. The zero-order valence-electron chi connectivity index (χ0n) is 15.2. The van der Waals surface area contributed by atoms with Gasteiger partial charge in [-0.2, -0.15) is 0 Å². The first kappa shape index (κ1) is 19.9. The van der Waals surface area contributed by atoms with Gasteiger partial charge in [-0.1, -0.05) is 0 Å². The molecule has 4 amide bonds. The summed E-state index contributed by atoms with van der Waals surface area (Å²) in [5.41, 5.74) is 6.30. The Kier molecular flexibility index (Phi) is 6.12. The fraction of sp³-hybridized carbons (Fsp3) is 0.211. The van der Waals surface area contributed by atoms with Gasteiger partial charge in [0, 0.05) is 34.1 Å². The van der Waals surface area contributed by atoms with Gasteiger partial charge in [0.25, 0.3) is 5.91 Å². The van der Waals surface area contributed by atoms with Crippen LogP contribution in [0.3, 0.4) is 0 Å². The van der Waals surface area contributed by atoms with Gasteiger partial charge >= 0.3 is 6.03 Å². The van der Waals surface area contributed by atoms with E-state index in [0.717, 1.165) is 6.07 Å². The van der Waals surface area contributed by atoms with Crippen LogP contribution in [0, 0.1) is 12.7 Å². The molecule has 142 valence electrons. The molecule has 0 fully saturated rings. The standard InChI is InChI=1S/C19H21FN4O3/c1-10(2)22-19(27)23-14-6-4-12(5-7-14)18(26)24-16-9-13(17(21)25)8-15(20)11(16)3/h4-10H,1-3H3,(H2,21,25)(H,24,26)(H2,22,23,27). The largest absolute Gasteiger partial charge is 0.366 e. The fourth-order valence-electron chi connectivity index (χ4n) is 2.28. The molecule has 27 heavy (non-hydrogen) atoms. The molecular weight excluding hydrogens is 351 g/mol.